The summed E-state index contributed by atoms with van der Waals surface area (Å²) in [5, 5.41) is 6.06. The summed E-state index contributed by atoms with van der Waals surface area (Å²) in [5.41, 5.74) is 8.16. The lowest BCUT2D eigenvalue weighted by atomic mass is 10.1. The molecule has 3 aromatic carbocycles. The average molecular weight is 618 g/mol. The van der Waals surface area contributed by atoms with Crippen molar-refractivity contribution >= 4 is 39.7 Å². The Morgan fingerprint density at radius 3 is 2.50 bits per heavy atom. The first-order valence-electron chi connectivity index (χ1n) is 13.4. The first kappa shape index (κ1) is 30.3. The van der Waals surface area contributed by atoms with Gasteiger partial charge in [-0.3, -0.25) is 4.79 Å². The first-order valence-corrected chi connectivity index (χ1v) is 14.2. The molecule has 0 atom stereocenters. The van der Waals surface area contributed by atoms with E-state index in [1.54, 1.807) is 49.7 Å². The fourth-order valence-corrected chi connectivity index (χ4v) is 5.06. The van der Waals surface area contributed by atoms with Crippen molar-refractivity contribution in [1.29, 1.82) is 0 Å². The van der Waals surface area contributed by atoms with E-state index >= 15 is 0 Å². The van der Waals surface area contributed by atoms with Crippen molar-refractivity contribution in [3.05, 3.63) is 90.1 Å². The number of amides is 1. The number of aromatic nitrogens is 3. The maximum atomic E-state index is 14.1. The topological polar surface area (TPSA) is 128 Å². The highest BCUT2D eigenvalue weighted by Gasteiger charge is 2.19. The lowest BCUT2D eigenvalue weighted by Gasteiger charge is -2.15. The summed E-state index contributed by atoms with van der Waals surface area (Å²) in [4.78, 5) is 28.9. The van der Waals surface area contributed by atoms with Gasteiger partial charge in [-0.25, -0.2) is 23.7 Å². The molecule has 0 aliphatic heterocycles. The predicted octanol–water partition coefficient (Wildman–Crippen LogP) is 6.07. The van der Waals surface area contributed by atoms with Crippen molar-refractivity contribution in [3.63, 3.8) is 0 Å². The van der Waals surface area contributed by atoms with E-state index in [1.807, 2.05) is 31.1 Å². The fourth-order valence-electron chi connectivity index (χ4n) is 4.24. The minimum absolute atomic E-state index is 0.306. The third kappa shape index (κ3) is 7.07. The Morgan fingerprint density at radius 2 is 1.75 bits per heavy atom. The number of nitrogen functional groups attached to an aromatic ring is 1. The van der Waals surface area contributed by atoms with E-state index < -0.39 is 23.1 Å². The van der Waals surface area contributed by atoms with Crippen molar-refractivity contribution in [2.24, 2.45) is 0 Å². The van der Waals surface area contributed by atoms with Crippen molar-refractivity contribution in [2.45, 2.75) is 0 Å². The van der Waals surface area contributed by atoms with Gasteiger partial charge in [0.2, 0.25) is 5.95 Å². The van der Waals surface area contributed by atoms with Gasteiger partial charge in [0, 0.05) is 35.7 Å². The molecule has 0 bridgehead atoms. The van der Waals surface area contributed by atoms with Crippen LogP contribution in [0, 0.1) is 11.6 Å². The van der Waals surface area contributed by atoms with Crippen LogP contribution < -0.4 is 25.8 Å². The second kappa shape index (κ2) is 13.4. The molecule has 0 aliphatic carbocycles. The second-order valence-electron chi connectivity index (χ2n) is 9.77. The molecule has 5 rings (SSSR count). The van der Waals surface area contributed by atoms with Crippen molar-refractivity contribution < 1.29 is 23.0 Å². The average Bonchev–Trinajstić information content (AvgIpc) is 3.39. The number of anilines is 4. The zero-order chi connectivity index (χ0) is 31.2. The number of methoxy groups -OCH3 is 1. The van der Waals surface area contributed by atoms with Gasteiger partial charge in [0.25, 0.3) is 5.91 Å². The number of likely N-dealkylation sites (N-methyl/N-ethyl adjacent to an activating group) is 1. The number of halogens is 2. The summed E-state index contributed by atoms with van der Waals surface area (Å²) in [5.74, 6) is -1.30. The molecule has 0 saturated heterocycles. The molecular weight excluding hydrogens is 588 g/mol. The third-order valence-corrected chi connectivity index (χ3v) is 7.24. The van der Waals surface area contributed by atoms with Crippen LogP contribution in [0.15, 0.2) is 72.9 Å². The van der Waals surface area contributed by atoms with E-state index in [-0.39, 0.29) is 0 Å². The number of rotatable bonds is 11. The van der Waals surface area contributed by atoms with E-state index in [2.05, 4.69) is 25.6 Å². The van der Waals surface area contributed by atoms with E-state index in [0.29, 0.717) is 62.4 Å². The zero-order valence-corrected chi connectivity index (χ0v) is 24.9. The highest BCUT2D eigenvalue weighted by Crippen LogP contribution is 2.38. The van der Waals surface area contributed by atoms with E-state index in [1.165, 1.54) is 17.4 Å². The predicted molar refractivity (Wildman–Crippen MR) is 168 cm³/mol. The van der Waals surface area contributed by atoms with Gasteiger partial charge in [-0.1, -0.05) is 29.5 Å². The summed E-state index contributed by atoms with van der Waals surface area (Å²) in [7, 11) is 5.52. The van der Waals surface area contributed by atoms with E-state index in [9.17, 15) is 13.6 Å². The standard InChI is InChI=1S/C31H29F2N7O3S/c1-40(2)14-15-43-25-17-20(10-11-24(25)42-3)37-31-35-13-12-23(38-31)28-27(39-30(34)44-28)18-6-4-7-19(16-18)36-29(41)26-21(32)8-5-9-22(26)33/h4-13,16-17H,14-15H2,1-3H3,(H2,34,39)(H,36,41)(H,35,37,38). The molecule has 4 N–H and O–H groups in total. The van der Waals surface area contributed by atoms with Crippen LogP contribution in [0.3, 0.4) is 0 Å². The molecule has 0 fully saturated rings. The Labute approximate surface area is 256 Å². The Hall–Kier alpha value is -5.14. The van der Waals surface area contributed by atoms with Gasteiger partial charge >= 0.3 is 0 Å². The number of hydrogen-bond acceptors (Lipinski definition) is 10. The van der Waals surface area contributed by atoms with Crippen LogP contribution in [0.1, 0.15) is 10.4 Å². The minimum atomic E-state index is -0.955. The van der Waals surface area contributed by atoms with Crippen LogP contribution >= 0.6 is 11.3 Å². The van der Waals surface area contributed by atoms with Gasteiger partial charge in [0.15, 0.2) is 16.6 Å². The molecular formula is C31H29F2N7O3S. The van der Waals surface area contributed by atoms with Gasteiger partial charge in [-0.05, 0) is 56.6 Å². The molecule has 0 radical (unpaired) electrons. The number of carbonyl (C=O) groups is 1. The minimum Gasteiger partial charge on any atom is -0.493 e. The molecule has 1 amide bonds. The Balaban J connectivity index is 1.39. The maximum Gasteiger partial charge on any atom is 0.261 e. The summed E-state index contributed by atoms with van der Waals surface area (Å²) in [6, 6.07) is 17.1. The number of ether oxygens (including phenoxy) is 2. The number of hydrogen-bond donors (Lipinski definition) is 3. The van der Waals surface area contributed by atoms with Crippen LogP contribution in [-0.2, 0) is 0 Å². The van der Waals surface area contributed by atoms with Crippen molar-refractivity contribution in [1.82, 2.24) is 19.9 Å². The highest BCUT2D eigenvalue weighted by atomic mass is 32.1. The summed E-state index contributed by atoms with van der Waals surface area (Å²) in [6.07, 6.45) is 1.61. The molecule has 0 unspecified atom stereocenters. The van der Waals surface area contributed by atoms with E-state index in [0.717, 1.165) is 18.7 Å². The molecule has 0 saturated carbocycles. The molecule has 44 heavy (non-hydrogen) atoms. The molecule has 0 spiro atoms. The first-order chi connectivity index (χ1) is 21.2. The molecule has 2 heterocycles. The summed E-state index contributed by atoms with van der Waals surface area (Å²) >= 11 is 1.24. The van der Waals surface area contributed by atoms with Crippen molar-refractivity contribution in [3.8, 4) is 33.3 Å². The molecule has 0 aliphatic rings. The fraction of sp³-hybridized carbons (Fsp3) is 0.161. The van der Waals surface area contributed by atoms with Crippen LogP contribution in [-0.4, -0.2) is 60.1 Å². The lowest BCUT2D eigenvalue weighted by molar-refractivity contribution is 0.101. The van der Waals surface area contributed by atoms with Crippen LogP contribution in [0.25, 0.3) is 21.8 Å². The molecule has 13 heteroatoms. The number of benzene rings is 3. The third-order valence-electron chi connectivity index (χ3n) is 6.33. The smallest absolute Gasteiger partial charge is 0.261 e. The number of carbonyl (C=O) groups excluding carboxylic acids is 1. The Bertz CT molecular complexity index is 1780. The van der Waals surface area contributed by atoms with Crippen molar-refractivity contribution in [2.75, 3.05) is 50.7 Å². The van der Waals surface area contributed by atoms with E-state index in [4.69, 9.17) is 15.2 Å². The zero-order valence-electron chi connectivity index (χ0n) is 24.1. The quantitative estimate of drug-likeness (QED) is 0.162. The Morgan fingerprint density at radius 1 is 0.977 bits per heavy atom. The normalized spacial score (nSPS) is 11.0. The van der Waals surface area contributed by atoms with Gasteiger partial charge in [0.05, 0.1) is 23.4 Å². The molecule has 10 nitrogen and oxygen atoms in total. The SMILES string of the molecule is COc1ccc(Nc2nccc(-c3sc(N)nc3-c3cccc(NC(=O)c4c(F)cccc4F)c3)n2)cc1OCCN(C)C. The number of thiazole rings is 1. The largest absolute Gasteiger partial charge is 0.493 e. The lowest BCUT2D eigenvalue weighted by Crippen LogP contribution is -2.19. The van der Waals surface area contributed by atoms with Gasteiger partial charge in [0.1, 0.15) is 23.8 Å². The van der Waals surface area contributed by atoms with Crippen LogP contribution in [0.5, 0.6) is 11.5 Å². The summed E-state index contributed by atoms with van der Waals surface area (Å²) in [6.45, 7) is 1.23. The van der Waals surface area contributed by atoms with Gasteiger partial charge in [-0.2, -0.15) is 0 Å². The monoisotopic (exact) mass is 617 g/mol. The second-order valence-corrected chi connectivity index (χ2v) is 10.8. The van der Waals surface area contributed by atoms with Crippen LogP contribution in [0.2, 0.25) is 0 Å². The maximum absolute atomic E-state index is 14.1. The van der Waals surface area contributed by atoms with Crippen LogP contribution in [0.4, 0.5) is 31.2 Å². The van der Waals surface area contributed by atoms with Gasteiger partial charge in [-0.15, -0.1) is 0 Å². The highest BCUT2D eigenvalue weighted by molar-refractivity contribution is 7.19. The number of nitrogens with two attached hydrogens (primary N) is 1. The number of nitrogens with one attached hydrogen (secondary N) is 2. The molecule has 5 aromatic rings. The molecule has 226 valence electrons. The molecule has 2 aromatic heterocycles. The Kier molecular flexibility index (Phi) is 9.26. The number of nitrogens with zero attached hydrogens (tertiary/aromatic N) is 4. The van der Waals surface area contributed by atoms with Gasteiger partial charge < -0.3 is 30.7 Å². The summed E-state index contributed by atoms with van der Waals surface area (Å²) < 4.78 is 39.6.